The standard InChI is InChI=1S/C22H14O/c1-2-8-16-15(7-1)12-13-20-21(16)18-10-4-3-9-17(18)19-11-5-6-14-23-22(19)20/h1-14H. The van der Waals surface area contributed by atoms with Crippen molar-refractivity contribution in [1.29, 1.82) is 0 Å². The largest absolute Gasteiger partial charge is 0.464 e. The Morgan fingerprint density at radius 3 is 2.30 bits per heavy atom. The summed E-state index contributed by atoms with van der Waals surface area (Å²) in [4.78, 5) is 0. The van der Waals surface area contributed by atoms with E-state index in [1.165, 1.54) is 26.9 Å². The van der Waals surface area contributed by atoms with Crippen LogP contribution < -0.4 is 4.74 Å². The molecule has 0 atom stereocenters. The number of benzene rings is 4. The minimum Gasteiger partial charge on any atom is -0.464 e. The third-order valence-electron chi connectivity index (χ3n) is 4.54. The molecule has 4 aromatic carbocycles. The average molecular weight is 294 g/mol. The normalized spacial score (nSPS) is 13.2. The van der Waals surface area contributed by atoms with Crippen molar-refractivity contribution in [3.8, 4) is 5.75 Å². The molecule has 108 valence electrons. The molecule has 1 aliphatic rings. The lowest BCUT2D eigenvalue weighted by molar-refractivity contribution is 0.488. The van der Waals surface area contributed by atoms with Crippen LogP contribution in [0.1, 0.15) is 5.56 Å². The first-order chi connectivity index (χ1) is 11.4. The van der Waals surface area contributed by atoms with Gasteiger partial charge in [-0.05, 0) is 33.7 Å². The van der Waals surface area contributed by atoms with Crippen molar-refractivity contribution in [3.05, 3.63) is 84.6 Å². The number of hydrogen-bond donors (Lipinski definition) is 0. The third kappa shape index (κ3) is 1.74. The van der Waals surface area contributed by atoms with Crippen molar-refractivity contribution in [2.75, 3.05) is 0 Å². The van der Waals surface area contributed by atoms with Crippen LogP contribution in [0.3, 0.4) is 0 Å². The summed E-state index contributed by atoms with van der Waals surface area (Å²) in [6.45, 7) is 0. The van der Waals surface area contributed by atoms with E-state index in [-0.39, 0.29) is 0 Å². The first kappa shape index (κ1) is 12.5. The Morgan fingerprint density at radius 2 is 1.39 bits per heavy atom. The molecule has 0 saturated heterocycles. The number of fused-ring (bicyclic) bond motifs is 8. The average Bonchev–Trinajstić information content (AvgIpc) is 2.87. The fourth-order valence-corrected chi connectivity index (χ4v) is 3.55. The number of ether oxygens (including phenoxy) is 1. The van der Waals surface area contributed by atoms with E-state index in [0.29, 0.717) is 0 Å². The highest BCUT2D eigenvalue weighted by Crippen LogP contribution is 2.42. The second kappa shape index (κ2) is 4.72. The Balaban J connectivity index is 2.13. The summed E-state index contributed by atoms with van der Waals surface area (Å²) in [5.74, 6) is 0.939. The summed E-state index contributed by atoms with van der Waals surface area (Å²) >= 11 is 0. The maximum atomic E-state index is 5.98. The third-order valence-corrected chi connectivity index (χ3v) is 4.54. The molecule has 0 aromatic heterocycles. The van der Waals surface area contributed by atoms with E-state index in [1.807, 2.05) is 12.2 Å². The van der Waals surface area contributed by atoms with Gasteiger partial charge in [0, 0.05) is 16.3 Å². The zero-order chi connectivity index (χ0) is 15.2. The first-order valence-electron chi connectivity index (χ1n) is 7.79. The fourth-order valence-electron chi connectivity index (χ4n) is 3.55. The molecule has 1 heterocycles. The molecule has 0 N–H and O–H groups in total. The lowest BCUT2D eigenvalue weighted by Gasteiger charge is -2.15. The molecule has 5 rings (SSSR count). The molecule has 4 aromatic rings. The molecule has 0 spiro atoms. The van der Waals surface area contributed by atoms with Crippen LogP contribution in [0.2, 0.25) is 0 Å². The summed E-state index contributed by atoms with van der Waals surface area (Å²) in [6, 6.07) is 21.5. The van der Waals surface area contributed by atoms with Gasteiger partial charge < -0.3 is 4.74 Å². The van der Waals surface area contributed by atoms with Crippen LogP contribution in [0.15, 0.2) is 79.1 Å². The molecular formula is C22H14O. The van der Waals surface area contributed by atoms with E-state index >= 15 is 0 Å². The van der Waals surface area contributed by atoms with Gasteiger partial charge in [-0.1, -0.05) is 66.7 Å². The minimum absolute atomic E-state index is 0.939. The van der Waals surface area contributed by atoms with Crippen LogP contribution in [0.4, 0.5) is 0 Å². The van der Waals surface area contributed by atoms with Crippen LogP contribution in [-0.2, 0) is 0 Å². The van der Waals surface area contributed by atoms with Crippen LogP contribution in [-0.4, -0.2) is 0 Å². The van der Waals surface area contributed by atoms with Gasteiger partial charge in [0.2, 0.25) is 0 Å². The summed E-state index contributed by atoms with van der Waals surface area (Å²) in [7, 11) is 0. The van der Waals surface area contributed by atoms with Crippen LogP contribution in [0, 0.1) is 0 Å². The molecule has 0 aliphatic carbocycles. The Hall–Kier alpha value is -3.06. The zero-order valence-electron chi connectivity index (χ0n) is 12.5. The molecule has 1 heteroatoms. The fraction of sp³-hybridized carbons (Fsp3) is 0. The highest BCUT2D eigenvalue weighted by atomic mass is 16.5. The van der Waals surface area contributed by atoms with Crippen molar-refractivity contribution in [3.63, 3.8) is 0 Å². The summed E-state index contributed by atoms with van der Waals surface area (Å²) < 4.78 is 5.98. The summed E-state index contributed by atoms with van der Waals surface area (Å²) in [5.41, 5.74) is 1.15. The second-order valence-corrected chi connectivity index (χ2v) is 5.80. The Morgan fingerprint density at radius 1 is 0.609 bits per heavy atom. The van der Waals surface area contributed by atoms with Crippen LogP contribution in [0.5, 0.6) is 5.75 Å². The topological polar surface area (TPSA) is 9.23 Å². The van der Waals surface area contributed by atoms with E-state index in [0.717, 1.165) is 16.7 Å². The van der Waals surface area contributed by atoms with Gasteiger partial charge in [-0.3, -0.25) is 0 Å². The Bertz CT molecular complexity index is 1130. The molecule has 0 unspecified atom stereocenters. The maximum absolute atomic E-state index is 5.98. The van der Waals surface area contributed by atoms with Crippen molar-refractivity contribution in [2.45, 2.75) is 0 Å². The minimum atomic E-state index is 0.939. The molecule has 0 bridgehead atoms. The molecule has 1 nitrogen and oxygen atoms in total. The van der Waals surface area contributed by atoms with Gasteiger partial charge in [-0.15, -0.1) is 0 Å². The number of hydrogen-bond acceptors (Lipinski definition) is 1. The molecule has 0 saturated carbocycles. The number of rotatable bonds is 0. The van der Waals surface area contributed by atoms with E-state index in [1.54, 1.807) is 6.26 Å². The van der Waals surface area contributed by atoms with Gasteiger partial charge in [-0.2, -0.15) is 0 Å². The highest BCUT2D eigenvalue weighted by molar-refractivity contribution is 6.24. The quantitative estimate of drug-likeness (QED) is 0.358. The van der Waals surface area contributed by atoms with Crippen LogP contribution in [0.25, 0.3) is 38.4 Å². The SMILES string of the molecule is C1=COc2c(c3ccccc3c3c2ccc2ccccc23)C=C1. The molecule has 0 radical (unpaired) electrons. The van der Waals surface area contributed by atoms with Gasteiger partial charge in [0.25, 0.3) is 0 Å². The van der Waals surface area contributed by atoms with Gasteiger partial charge in [0.1, 0.15) is 5.75 Å². The van der Waals surface area contributed by atoms with Gasteiger partial charge >= 0.3 is 0 Å². The van der Waals surface area contributed by atoms with Gasteiger partial charge in [-0.25, -0.2) is 0 Å². The first-order valence-corrected chi connectivity index (χ1v) is 7.79. The maximum Gasteiger partial charge on any atom is 0.142 e. The Kier molecular flexibility index (Phi) is 2.56. The van der Waals surface area contributed by atoms with E-state index in [2.05, 4.69) is 66.7 Å². The monoisotopic (exact) mass is 294 g/mol. The second-order valence-electron chi connectivity index (χ2n) is 5.80. The molecule has 0 amide bonds. The van der Waals surface area contributed by atoms with E-state index < -0.39 is 0 Å². The lowest BCUT2D eigenvalue weighted by Crippen LogP contribution is -1.91. The van der Waals surface area contributed by atoms with Gasteiger partial charge in [0.05, 0.1) is 6.26 Å². The molecule has 0 fully saturated rings. The highest BCUT2D eigenvalue weighted by Gasteiger charge is 2.16. The predicted octanol–water partition coefficient (Wildman–Crippen LogP) is 6.07. The predicted molar refractivity (Wildman–Crippen MR) is 97.8 cm³/mol. The van der Waals surface area contributed by atoms with Crippen molar-refractivity contribution in [1.82, 2.24) is 0 Å². The summed E-state index contributed by atoms with van der Waals surface area (Å²) in [6.07, 6.45) is 7.86. The van der Waals surface area contributed by atoms with Crippen molar-refractivity contribution in [2.24, 2.45) is 0 Å². The number of allylic oxidation sites excluding steroid dienone is 2. The molecule has 23 heavy (non-hydrogen) atoms. The molecular weight excluding hydrogens is 280 g/mol. The smallest absolute Gasteiger partial charge is 0.142 e. The Labute approximate surface area is 134 Å². The van der Waals surface area contributed by atoms with Crippen molar-refractivity contribution < 1.29 is 4.74 Å². The summed E-state index contributed by atoms with van der Waals surface area (Å²) in [5, 5.41) is 7.45. The van der Waals surface area contributed by atoms with E-state index in [9.17, 15) is 0 Å². The van der Waals surface area contributed by atoms with Crippen molar-refractivity contribution >= 4 is 38.4 Å². The lowest BCUT2D eigenvalue weighted by atomic mass is 9.92. The zero-order valence-corrected chi connectivity index (χ0v) is 12.5. The van der Waals surface area contributed by atoms with E-state index in [4.69, 9.17) is 4.74 Å². The molecule has 1 aliphatic heterocycles. The van der Waals surface area contributed by atoms with Gasteiger partial charge in [0.15, 0.2) is 0 Å². The van der Waals surface area contributed by atoms with Crippen LogP contribution >= 0.6 is 0 Å².